The van der Waals surface area contributed by atoms with Gasteiger partial charge in [0.05, 0.1) is 22.4 Å². The first-order valence-electron chi connectivity index (χ1n) is 5.82. The second kappa shape index (κ2) is 5.56. The van der Waals surface area contributed by atoms with Gasteiger partial charge in [-0.15, -0.1) is 0 Å². The minimum absolute atomic E-state index is 0.107. The second-order valence-electron chi connectivity index (χ2n) is 4.18. The molecule has 0 aromatic carbocycles. The zero-order valence-corrected chi connectivity index (χ0v) is 11.9. The van der Waals surface area contributed by atoms with E-state index >= 15 is 0 Å². The van der Waals surface area contributed by atoms with Crippen molar-refractivity contribution in [1.82, 2.24) is 9.78 Å². The van der Waals surface area contributed by atoms with E-state index in [9.17, 15) is 0 Å². The highest BCUT2D eigenvalue weighted by atomic mass is 79.9. The fourth-order valence-corrected chi connectivity index (χ4v) is 4.02. The van der Waals surface area contributed by atoms with Crippen molar-refractivity contribution in [2.75, 3.05) is 5.75 Å². The van der Waals surface area contributed by atoms with Crippen molar-refractivity contribution >= 4 is 27.7 Å². The van der Waals surface area contributed by atoms with Crippen LogP contribution in [0, 0.1) is 0 Å². The Balaban J connectivity index is 2.19. The van der Waals surface area contributed by atoms with Crippen LogP contribution in [0.4, 0.5) is 0 Å². The Morgan fingerprint density at radius 3 is 3.19 bits per heavy atom. The van der Waals surface area contributed by atoms with Crippen molar-refractivity contribution in [2.24, 2.45) is 5.73 Å². The van der Waals surface area contributed by atoms with E-state index in [1.807, 2.05) is 22.6 Å². The van der Waals surface area contributed by atoms with Gasteiger partial charge in [-0.3, -0.25) is 4.68 Å². The van der Waals surface area contributed by atoms with Crippen LogP contribution in [0.1, 0.15) is 37.9 Å². The van der Waals surface area contributed by atoms with Crippen LogP contribution in [0.25, 0.3) is 0 Å². The molecule has 2 atom stereocenters. The first-order chi connectivity index (χ1) is 7.74. The average molecular weight is 304 g/mol. The molecule has 1 saturated heterocycles. The summed E-state index contributed by atoms with van der Waals surface area (Å²) in [5.74, 6) is 1.25. The van der Waals surface area contributed by atoms with Crippen molar-refractivity contribution < 1.29 is 0 Å². The van der Waals surface area contributed by atoms with Crippen molar-refractivity contribution in [3.63, 3.8) is 0 Å². The normalized spacial score (nSPS) is 22.6. The Bertz CT molecular complexity index is 347. The van der Waals surface area contributed by atoms with Gasteiger partial charge in [0.15, 0.2) is 0 Å². The highest BCUT2D eigenvalue weighted by Gasteiger charge is 2.27. The Kier molecular flexibility index (Phi) is 4.33. The number of aryl methyl sites for hydroxylation is 1. The molecule has 1 aromatic heterocycles. The molecule has 0 amide bonds. The van der Waals surface area contributed by atoms with E-state index in [-0.39, 0.29) is 6.04 Å². The highest BCUT2D eigenvalue weighted by Crippen LogP contribution is 2.36. The summed E-state index contributed by atoms with van der Waals surface area (Å²) in [6.45, 7) is 3.11. The summed E-state index contributed by atoms with van der Waals surface area (Å²) in [4.78, 5) is 0. The lowest BCUT2D eigenvalue weighted by atomic mass is 10.1. The third-order valence-electron chi connectivity index (χ3n) is 2.95. The van der Waals surface area contributed by atoms with E-state index in [1.165, 1.54) is 24.3 Å². The van der Waals surface area contributed by atoms with Gasteiger partial charge in [0.2, 0.25) is 0 Å². The zero-order valence-electron chi connectivity index (χ0n) is 9.53. The molecule has 2 unspecified atom stereocenters. The van der Waals surface area contributed by atoms with Crippen LogP contribution in [-0.2, 0) is 6.54 Å². The summed E-state index contributed by atoms with van der Waals surface area (Å²) < 4.78 is 3.11. The van der Waals surface area contributed by atoms with Gasteiger partial charge < -0.3 is 5.73 Å². The summed E-state index contributed by atoms with van der Waals surface area (Å²) in [7, 11) is 0. The molecule has 1 aliphatic heterocycles. The fraction of sp³-hybridized carbons (Fsp3) is 0.727. The molecule has 90 valence electrons. The van der Waals surface area contributed by atoms with Crippen LogP contribution < -0.4 is 5.73 Å². The lowest BCUT2D eigenvalue weighted by Crippen LogP contribution is -2.25. The monoisotopic (exact) mass is 303 g/mol. The van der Waals surface area contributed by atoms with Gasteiger partial charge in [-0.2, -0.15) is 16.9 Å². The Hall–Kier alpha value is -0.0000000000000000555. The van der Waals surface area contributed by atoms with Crippen molar-refractivity contribution in [1.29, 1.82) is 0 Å². The number of rotatable bonds is 4. The maximum atomic E-state index is 6.36. The van der Waals surface area contributed by atoms with Crippen LogP contribution in [0.15, 0.2) is 10.7 Å². The zero-order chi connectivity index (χ0) is 11.5. The van der Waals surface area contributed by atoms with Gasteiger partial charge in [-0.25, -0.2) is 0 Å². The maximum Gasteiger partial charge on any atom is 0.0704 e. The lowest BCUT2D eigenvalue weighted by molar-refractivity contribution is 0.523. The minimum Gasteiger partial charge on any atom is -0.322 e. The third-order valence-corrected chi connectivity index (χ3v) is 5.04. The second-order valence-corrected chi connectivity index (χ2v) is 6.38. The summed E-state index contributed by atoms with van der Waals surface area (Å²) in [6.07, 6.45) is 5.48. The van der Waals surface area contributed by atoms with Gasteiger partial charge in [0.1, 0.15) is 0 Å². The van der Waals surface area contributed by atoms with Crippen LogP contribution in [0.2, 0.25) is 0 Å². The van der Waals surface area contributed by atoms with Crippen LogP contribution in [0.5, 0.6) is 0 Å². The third kappa shape index (κ3) is 2.46. The molecule has 2 heterocycles. The number of hydrogen-bond acceptors (Lipinski definition) is 3. The van der Waals surface area contributed by atoms with Gasteiger partial charge in [-0.05, 0) is 40.9 Å². The number of hydrogen-bond donors (Lipinski definition) is 1. The quantitative estimate of drug-likeness (QED) is 0.930. The number of halogens is 1. The van der Waals surface area contributed by atoms with Gasteiger partial charge >= 0.3 is 0 Å². The maximum absolute atomic E-state index is 6.36. The number of aromatic nitrogens is 2. The van der Waals surface area contributed by atoms with Crippen molar-refractivity contribution in [3.8, 4) is 0 Å². The first-order valence-corrected chi connectivity index (χ1v) is 7.66. The Morgan fingerprint density at radius 2 is 2.56 bits per heavy atom. The van der Waals surface area contributed by atoms with Crippen LogP contribution in [0.3, 0.4) is 0 Å². The van der Waals surface area contributed by atoms with E-state index in [2.05, 4.69) is 28.0 Å². The highest BCUT2D eigenvalue weighted by molar-refractivity contribution is 9.10. The van der Waals surface area contributed by atoms with E-state index in [1.54, 1.807) is 0 Å². The molecular weight excluding hydrogens is 286 g/mol. The molecule has 0 aliphatic carbocycles. The number of nitrogens with zero attached hydrogens (tertiary/aromatic N) is 2. The fourth-order valence-electron chi connectivity index (χ4n) is 2.16. The van der Waals surface area contributed by atoms with E-state index in [0.29, 0.717) is 5.25 Å². The molecule has 1 aliphatic rings. The molecule has 1 aromatic rings. The molecule has 0 bridgehead atoms. The Labute approximate surface area is 109 Å². The van der Waals surface area contributed by atoms with E-state index in [4.69, 9.17) is 5.73 Å². The largest absolute Gasteiger partial charge is 0.322 e. The summed E-state index contributed by atoms with van der Waals surface area (Å²) >= 11 is 5.56. The first kappa shape index (κ1) is 12.5. The standard InChI is InChI=1S/C11H18BrN3S/c1-2-5-15-11(8(12)7-14-15)10(13)9-4-3-6-16-9/h7,9-10H,2-6,13H2,1H3. The molecule has 0 spiro atoms. The molecule has 1 fully saturated rings. The molecular formula is C11H18BrN3S. The smallest absolute Gasteiger partial charge is 0.0704 e. The summed E-state index contributed by atoms with van der Waals surface area (Å²) in [6, 6.07) is 0.107. The van der Waals surface area contributed by atoms with Crippen molar-refractivity contribution in [2.45, 2.75) is 44.0 Å². The van der Waals surface area contributed by atoms with E-state index in [0.717, 1.165) is 17.4 Å². The molecule has 5 heteroatoms. The molecule has 16 heavy (non-hydrogen) atoms. The molecule has 2 rings (SSSR count). The molecule has 2 N–H and O–H groups in total. The SMILES string of the molecule is CCCn1ncc(Br)c1C(N)C1CCCS1. The molecule has 0 saturated carbocycles. The predicted octanol–water partition coefficient (Wildman–Crippen LogP) is 2.95. The minimum atomic E-state index is 0.107. The average Bonchev–Trinajstić information content (AvgIpc) is 2.88. The summed E-state index contributed by atoms with van der Waals surface area (Å²) in [5, 5.41) is 4.94. The van der Waals surface area contributed by atoms with Crippen molar-refractivity contribution in [3.05, 3.63) is 16.4 Å². The van der Waals surface area contributed by atoms with Crippen LogP contribution >= 0.6 is 27.7 Å². The number of nitrogens with two attached hydrogens (primary N) is 1. The molecule has 0 radical (unpaired) electrons. The van der Waals surface area contributed by atoms with Gasteiger partial charge in [0, 0.05) is 11.8 Å². The van der Waals surface area contributed by atoms with Gasteiger partial charge in [-0.1, -0.05) is 6.92 Å². The lowest BCUT2D eigenvalue weighted by Gasteiger charge is -2.20. The Morgan fingerprint density at radius 1 is 1.75 bits per heavy atom. The predicted molar refractivity (Wildman–Crippen MR) is 72.6 cm³/mol. The topological polar surface area (TPSA) is 43.8 Å². The van der Waals surface area contributed by atoms with Gasteiger partial charge in [0.25, 0.3) is 0 Å². The van der Waals surface area contributed by atoms with Crippen LogP contribution in [-0.4, -0.2) is 20.8 Å². The number of thioether (sulfide) groups is 1. The molecule has 3 nitrogen and oxygen atoms in total. The summed E-state index contributed by atoms with van der Waals surface area (Å²) in [5.41, 5.74) is 7.53. The van der Waals surface area contributed by atoms with E-state index < -0.39 is 0 Å².